The molecule has 3 atom stereocenters. The van der Waals surface area contributed by atoms with Crippen molar-refractivity contribution in [3.8, 4) is 11.5 Å². The summed E-state index contributed by atoms with van der Waals surface area (Å²) < 4.78 is 0. The monoisotopic (exact) mass is 725 g/mol. The Bertz CT molecular complexity index is 1510. The van der Waals surface area contributed by atoms with Gasteiger partial charge in [-0.3, -0.25) is 0 Å². The van der Waals surface area contributed by atoms with E-state index in [0.29, 0.717) is 17.6 Å². The van der Waals surface area contributed by atoms with Crippen molar-refractivity contribution in [1.29, 1.82) is 0 Å². The first-order chi connectivity index (χ1) is 25.3. The third kappa shape index (κ3) is 19.2. The highest BCUT2D eigenvalue weighted by atomic mass is 16.3. The molecule has 0 heterocycles. The normalized spacial score (nSPS) is 14.8. The molecule has 0 amide bonds. The summed E-state index contributed by atoms with van der Waals surface area (Å²) in [5.41, 5.74) is 9.04. The van der Waals surface area contributed by atoms with E-state index in [4.69, 9.17) is 0 Å². The zero-order valence-electron chi connectivity index (χ0n) is 36.1. The highest BCUT2D eigenvalue weighted by Gasteiger charge is 2.15. The number of phenolic OH excluding ortho intramolecular Hbond substituents is 2. The van der Waals surface area contributed by atoms with Gasteiger partial charge in [0.15, 0.2) is 0 Å². The van der Waals surface area contributed by atoms with Gasteiger partial charge in [-0.05, 0) is 155 Å². The summed E-state index contributed by atoms with van der Waals surface area (Å²) in [6.07, 6.45) is 34.0. The van der Waals surface area contributed by atoms with Gasteiger partial charge in [-0.2, -0.15) is 0 Å². The Morgan fingerprint density at radius 3 is 1.45 bits per heavy atom. The van der Waals surface area contributed by atoms with Crippen molar-refractivity contribution >= 4 is 10.8 Å². The fourth-order valence-electron chi connectivity index (χ4n) is 7.59. The fourth-order valence-corrected chi connectivity index (χ4v) is 7.59. The summed E-state index contributed by atoms with van der Waals surface area (Å²) in [4.78, 5) is 0. The summed E-state index contributed by atoms with van der Waals surface area (Å²) in [7, 11) is 0. The first kappa shape index (κ1) is 46.2. The second-order valence-electron chi connectivity index (χ2n) is 17.3. The molecule has 2 heteroatoms. The summed E-state index contributed by atoms with van der Waals surface area (Å²) >= 11 is 0. The van der Waals surface area contributed by atoms with Crippen molar-refractivity contribution in [1.82, 2.24) is 0 Å². The Labute approximate surface area is 327 Å². The Morgan fingerprint density at radius 1 is 0.509 bits per heavy atom. The molecule has 2 rings (SSSR count). The minimum absolute atomic E-state index is 0.279. The van der Waals surface area contributed by atoms with Gasteiger partial charge in [0, 0.05) is 16.3 Å². The van der Waals surface area contributed by atoms with E-state index in [-0.39, 0.29) is 5.75 Å². The van der Waals surface area contributed by atoms with Crippen LogP contribution in [-0.4, -0.2) is 10.2 Å². The first-order valence-electron chi connectivity index (χ1n) is 21.5. The van der Waals surface area contributed by atoms with E-state index in [0.717, 1.165) is 47.1 Å². The Hall–Kier alpha value is -3.00. The van der Waals surface area contributed by atoms with Gasteiger partial charge in [0.25, 0.3) is 0 Å². The Kier molecular flexibility index (Phi) is 22.6. The van der Waals surface area contributed by atoms with Crippen LogP contribution in [-0.2, 0) is 6.42 Å². The molecule has 296 valence electrons. The van der Waals surface area contributed by atoms with E-state index in [1.807, 2.05) is 31.2 Å². The minimum Gasteiger partial charge on any atom is -0.507 e. The molecule has 0 spiro atoms. The summed E-state index contributed by atoms with van der Waals surface area (Å²) in [5, 5.41) is 23.0. The molecule has 0 radical (unpaired) electrons. The van der Waals surface area contributed by atoms with Crippen molar-refractivity contribution in [3.05, 3.63) is 93.6 Å². The van der Waals surface area contributed by atoms with Gasteiger partial charge in [0.1, 0.15) is 11.5 Å². The molecular weight excluding hydrogens is 645 g/mol. The van der Waals surface area contributed by atoms with Gasteiger partial charge in [-0.1, -0.05) is 135 Å². The molecule has 2 N–H and O–H groups in total. The van der Waals surface area contributed by atoms with Gasteiger partial charge in [-0.15, -0.1) is 0 Å². The van der Waals surface area contributed by atoms with Crippen LogP contribution >= 0.6 is 0 Å². The van der Waals surface area contributed by atoms with Gasteiger partial charge in [0.2, 0.25) is 0 Å². The first-order valence-corrected chi connectivity index (χ1v) is 21.5. The second kappa shape index (κ2) is 25.9. The van der Waals surface area contributed by atoms with Gasteiger partial charge < -0.3 is 10.2 Å². The van der Waals surface area contributed by atoms with Gasteiger partial charge in [-0.25, -0.2) is 0 Å². The number of phenols is 2. The lowest BCUT2D eigenvalue weighted by Gasteiger charge is -2.14. The molecule has 2 unspecified atom stereocenters. The van der Waals surface area contributed by atoms with E-state index in [2.05, 4.69) is 92.7 Å². The van der Waals surface area contributed by atoms with Crippen molar-refractivity contribution in [2.75, 3.05) is 0 Å². The smallest absolute Gasteiger partial charge is 0.127 e. The third-order valence-electron chi connectivity index (χ3n) is 11.5. The molecule has 0 saturated carbocycles. The predicted molar refractivity (Wildman–Crippen MR) is 236 cm³/mol. The molecule has 0 aliphatic rings. The van der Waals surface area contributed by atoms with Crippen molar-refractivity contribution in [2.45, 2.75) is 185 Å². The molecule has 2 nitrogen and oxygen atoms in total. The SMILES string of the molecule is CC(C)=CCCC(C)CCCC(C)CCC/C(C)=C\CC/C(C)=C/CC/C(C)=C/CC[C@H](C)CCC/C(C)=C/Cc1c(C)c(O)c2ccccc2c1O. The number of hydrogen-bond acceptors (Lipinski definition) is 2. The maximum absolute atomic E-state index is 10.9. The summed E-state index contributed by atoms with van der Waals surface area (Å²) in [6, 6.07) is 7.53. The fraction of sp³-hybridized carbons (Fsp3) is 0.608. The molecule has 0 aliphatic heterocycles. The maximum atomic E-state index is 10.9. The molecule has 2 aromatic rings. The van der Waals surface area contributed by atoms with Gasteiger partial charge >= 0.3 is 0 Å². The van der Waals surface area contributed by atoms with Crippen LogP contribution in [0, 0.1) is 24.7 Å². The van der Waals surface area contributed by atoms with E-state index in [1.54, 1.807) is 5.57 Å². The predicted octanol–water partition coefficient (Wildman–Crippen LogP) is 16.4. The molecule has 53 heavy (non-hydrogen) atoms. The standard InChI is InChI=1S/C51H80O2/c1-38(2)20-13-21-39(3)22-14-23-40(4)24-15-25-41(5)26-16-27-42(6)28-17-29-43(7)30-18-31-44(8)32-19-33-45(9)36-37-47-46(10)50(52)48-34-11-12-35-49(48)51(47)53/h11-12,20,26,28,30,34-36,39-40,44,52-53H,13-19,21-25,27,29,31-33,37H2,1-10H3/b41-26-,42-28+,43-30+,45-36+/t39?,40?,44-/m0/s1. The lowest BCUT2D eigenvalue weighted by atomic mass is 9.92. The average molecular weight is 725 g/mol. The number of rotatable bonds is 26. The van der Waals surface area contributed by atoms with Crippen LogP contribution in [0.15, 0.2) is 82.5 Å². The molecule has 0 saturated heterocycles. The summed E-state index contributed by atoms with van der Waals surface area (Å²) in [5.74, 6) is 3.01. The zero-order valence-corrected chi connectivity index (χ0v) is 36.1. The van der Waals surface area contributed by atoms with Crippen LogP contribution in [0.1, 0.15) is 183 Å². The highest BCUT2D eigenvalue weighted by molar-refractivity contribution is 5.95. The van der Waals surface area contributed by atoms with Crippen LogP contribution < -0.4 is 0 Å². The van der Waals surface area contributed by atoms with Crippen LogP contribution in [0.25, 0.3) is 10.8 Å². The molecule has 0 fully saturated rings. The summed E-state index contributed by atoms with van der Waals surface area (Å²) in [6.45, 7) is 22.7. The highest BCUT2D eigenvalue weighted by Crippen LogP contribution is 2.39. The molecule has 0 aliphatic carbocycles. The van der Waals surface area contributed by atoms with Gasteiger partial charge in [0.05, 0.1) is 0 Å². The largest absolute Gasteiger partial charge is 0.507 e. The van der Waals surface area contributed by atoms with Crippen molar-refractivity contribution in [2.24, 2.45) is 17.8 Å². The molecule has 2 aromatic carbocycles. The minimum atomic E-state index is 0.279. The lowest BCUT2D eigenvalue weighted by Crippen LogP contribution is -1.99. The second-order valence-corrected chi connectivity index (χ2v) is 17.3. The third-order valence-corrected chi connectivity index (χ3v) is 11.5. The molecule has 0 bridgehead atoms. The van der Waals surface area contributed by atoms with Crippen LogP contribution in [0.5, 0.6) is 11.5 Å². The Balaban J connectivity index is 1.57. The zero-order chi connectivity index (χ0) is 39.2. The van der Waals surface area contributed by atoms with E-state index in [1.165, 1.54) is 119 Å². The Morgan fingerprint density at radius 2 is 0.925 bits per heavy atom. The number of aromatic hydroxyl groups is 2. The molecule has 0 aromatic heterocycles. The number of allylic oxidation sites excluding steroid dienone is 10. The number of hydrogen-bond donors (Lipinski definition) is 2. The number of fused-ring (bicyclic) bond motifs is 1. The van der Waals surface area contributed by atoms with Crippen LogP contribution in [0.2, 0.25) is 0 Å². The van der Waals surface area contributed by atoms with Crippen LogP contribution in [0.4, 0.5) is 0 Å². The van der Waals surface area contributed by atoms with E-state index < -0.39 is 0 Å². The van der Waals surface area contributed by atoms with Crippen molar-refractivity contribution in [3.63, 3.8) is 0 Å². The topological polar surface area (TPSA) is 40.5 Å². The maximum Gasteiger partial charge on any atom is 0.127 e. The quantitative estimate of drug-likeness (QED) is 0.0749. The van der Waals surface area contributed by atoms with E-state index >= 15 is 0 Å². The molecular formula is C51H80O2. The van der Waals surface area contributed by atoms with E-state index in [9.17, 15) is 10.2 Å². The number of benzene rings is 2. The lowest BCUT2D eigenvalue weighted by molar-refractivity contribution is 0.406. The van der Waals surface area contributed by atoms with Crippen LogP contribution in [0.3, 0.4) is 0 Å². The average Bonchev–Trinajstić information content (AvgIpc) is 3.10. The van der Waals surface area contributed by atoms with Crippen molar-refractivity contribution < 1.29 is 10.2 Å².